The molecule has 1 aromatic carbocycles. The first-order chi connectivity index (χ1) is 10.6. The summed E-state index contributed by atoms with van der Waals surface area (Å²) in [6.07, 6.45) is 0.911. The molecule has 1 saturated heterocycles. The predicted octanol–water partition coefficient (Wildman–Crippen LogP) is 1.28. The summed E-state index contributed by atoms with van der Waals surface area (Å²) in [6, 6.07) is 8.58. The van der Waals surface area contributed by atoms with Crippen LogP contribution < -0.4 is 5.32 Å². The van der Waals surface area contributed by atoms with Gasteiger partial charge in [-0.1, -0.05) is 30.3 Å². The SMILES string of the molecule is C[C@@H](CO)NC(=O)[C@@H]1CCCN1C(=O)OCc1ccccc1. The average molecular weight is 306 g/mol. The normalized spacial score (nSPS) is 18.8. The molecule has 120 valence electrons. The second-order valence-corrected chi connectivity index (χ2v) is 5.48. The molecule has 2 N–H and O–H groups in total. The Balaban J connectivity index is 1.89. The highest BCUT2D eigenvalue weighted by molar-refractivity contribution is 5.86. The number of nitrogens with zero attached hydrogens (tertiary/aromatic N) is 1. The summed E-state index contributed by atoms with van der Waals surface area (Å²) in [5.41, 5.74) is 0.907. The van der Waals surface area contributed by atoms with Gasteiger partial charge in [0.2, 0.25) is 5.91 Å². The molecular formula is C16H22N2O4. The van der Waals surface area contributed by atoms with Gasteiger partial charge in [0.1, 0.15) is 12.6 Å². The molecule has 1 aliphatic heterocycles. The summed E-state index contributed by atoms with van der Waals surface area (Å²) in [6.45, 7) is 2.29. The summed E-state index contributed by atoms with van der Waals surface area (Å²) in [5.74, 6) is -0.240. The molecule has 0 bridgehead atoms. The number of likely N-dealkylation sites (tertiary alicyclic amines) is 1. The van der Waals surface area contributed by atoms with Gasteiger partial charge >= 0.3 is 6.09 Å². The second-order valence-electron chi connectivity index (χ2n) is 5.48. The van der Waals surface area contributed by atoms with E-state index in [4.69, 9.17) is 9.84 Å². The number of benzene rings is 1. The number of aliphatic hydroxyl groups excluding tert-OH is 1. The van der Waals surface area contributed by atoms with Crippen LogP contribution >= 0.6 is 0 Å². The van der Waals surface area contributed by atoms with Gasteiger partial charge in [0.25, 0.3) is 0 Å². The van der Waals surface area contributed by atoms with Crippen LogP contribution in [0.2, 0.25) is 0 Å². The van der Waals surface area contributed by atoms with Gasteiger partial charge in [-0.15, -0.1) is 0 Å². The average Bonchev–Trinajstić information content (AvgIpc) is 3.03. The molecule has 0 aliphatic carbocycles. The van der Waals surface area contributed by atoms with Crippen molar-refractivity contribution in [2.45, 2.75) is 38.5 Å². The number of hydrogen-bond donors (Lipinski definition) is 2. The largest absolute Gasteiger partial charge is 0.445 e. The first-order valence-electron chi connectivity index (χ1n) is 7.50. The number of ether oxygens (including phenoxy) is 1. The molecule has 22 heavy (non-hydrogen) atoms. The van der Waals surface area contributed by atoms with Crippen LogP contribution in [0.4, 0.5) is 4.79 Å². The van der Waals surface area contributed by atoms with E-state index in [1.165, 1.54) is 4.90 Å². The highest BCUT2D eigenvalue weighted by Gasteiger charge is 2.35. The van der Waals surface area contributed by atoms with E-state index in [1.807, 2.05) is 30.3 Å². The second kappa shape index (κ2) is 7.79. The van der Waals surface area contributed by atoms with E-state index in [1.54, 1.807) is 6.92 Å². The van der Waals surface area contributed by atoms with Crippen molar-refractivity contribution < 1.29 is 19.4 Å². The van der Waals surface area contributed by atoms with Gasteiger partial charge in [0, 0.05) is 12.6 Å². The lowest BCUT2D eigenvalue weighted by Crippen LogP contribution is -2.49. The van der Waals surface area contributed by atoms with E-state index in [0.29, 0.717) is 13.0 Å². The Bertz CT molecular complexity index is 506. The summed E-state index contributed by atoms with van der Waals surface area (Å²) >= 11 is 0. The lowest BCUT2D eigenvalue weighted by molar-refractivity contribution is -0.126. The van der Waals surface area contributed by atoms with Crippen LogP contribution in [0.5, 0.6) is 0 Å². The molecule has 1 fully saturated rings. The van der Waals surface area contributed by atoms with Gasteiger partial charge in [0.05, 0.1) is 6.61 Å². The Morgan fingerprint density at radius 2 is 2.14 bits per heavy atom. The Morgan fingerprint density at radius 1 is 1.41 bits per heavy atom. The smallest absolute Gasteiger partial charge is 0.410 e. The standard InChI is InChI=1S/C16H22N2O4/c1-12(10-19)17-15(20)14-8-5-9-18(14)16(21)22-11-13-6-3-2-4-7-13/h2-4,6-7,12,14,19H,5,8-11H2,1H3,(H,17,20)/t12-,14-/m0/s1. The monoisotopic (exact) mass is 306 g/mol. The van der Waals surface area contributed by atoms with Crippen LogP contribution in [-0.4, -0.2) is 47.2 Å². The zero-order chi connectivity index (χ0) is 15.9. The zero-order valence-electron chi connectivity index (χ0n) is 12.7. The van der Waals surface area contributed by atoms with E-state index < -0.39 is 12.1 Å². The molecule has 2 atom stereocenters. The summed E-state index contributed by atoms with van der Waals surface area (Å²) in [4.78, 5) is 25.8. The van der Waals surface area contributed by atoms with Crippen LogP contribution in [0.3, 0.4) is 0 Å². The lowest BCUT2D eigenvalue weighted by Gasteiger charge is -2.24. The molecule has 6 nitrogen and oxygen atoms in total. The predicted molar refractivity (Wildman–Crippen MR) is 81.0 cm³/mol. The third-order valence-corrected chi connectivity index (χ3v) is 3.66. The first kappa shape index (κ1) is 16.3. The van der Waals surface area contributed by atoms with Crippen LogP contribution in [0.25, 0.3) is 0 Å². The molecule has 0 saturated carbocycles. The van der Waals surface area contributed by atoms with Gasteiger partial charge in [-0.25, -0.2) is 4.79 Å². The number of aliphatic hydroxyl groups is 1. The molecule has 0 radical (unpaired) electrons. The maximum Gasteiger partial charge on any atom is 0.410 e. The van der Waals surface area contributed by atoms with E-state index in [2.05, 4.69) is 5.32 Å². The molecule has 0 aromatic heterocycles. The van der Waals surface area contributed by atoms with Crippen molar-refractivity contribution in [2.75, 3.05) is 13.2 Å². The molecule has 2 rings (SSSR count). The minimum atomic E-state index is -0.516. The van der Waals surface area contributed by atoms with Gasteiger partial charge < -0.3 is 15.2 Å². The molecule has 0 spiro atoms. The van der Waals surface area contributed by atoms with Crippen molar-refractivity contribution in [3.8, 4) is 0 Å². The highest BCUT2D eigenvalue weighted by Crippen LogP contribution is 2.19. The van der Waals surface area contributed by atoms with Crippen molar-refractivity contribution >= 4 is 12.0 Å². The number of carbonyl (C=O) groups is 2. The van der Waals surface area contributed by atoms with Crippen LogP contribution in [0.1, 0.15) is 25.3 Å². The Hall–Kier alpha value is -2.08. The number of nitrogens with one attached hydrogen (secondary N) is 1. The van der Waals surface area contributed by atoms with Crippen molar-refractivity contribution in [3.05, 3.63) is 35.9 Å². The number of amides is 2. The van der Waals surface area contributed by atoms with Crippen molar-refractivity contribution in [1.82, 2.24) is 10.2 Å². The van der Waals surface area contributed by atoms with Gasteiger partial charge in [-0.05, 0) is 25.3 Å². The van der Waals surface area contributed by atoms with Crippen molar-refractivity contribution in [1.29, 1.82) is 0 Å². The fourth-order valence-electron chi connectivity index (χ4n) is 2.44. The lowest BCUT2D eigenvalue weighted by atomic mass is 10.2. The Kier molecular flexibility index (Phi) is 5.77. The molecule has 0 unspecified atom stereocenters. The van der Waals surface area contributed by atoms with Crippen molar-refractivity contribution in [3.63, 3.8) is 0 Å². The summed E-state index contributed by atoms with van der Waals surface area (Å²) < 4.78 is 5.28. The van der Waals surface area contributed by atoms with Gasteiger partial charge in [0.15, 0.2) is 0 Å². The van der Waals surface area contributed by atoms with Gasteiger partial charge in [-0.3, -0.25) is 9.69 Å². The van der Waals surface area contributed by atoms with Crippen molar-refractivity contribution in [2.24, 2.45) is 0 Å². The summed E-state index contributed by atoms with van der Waals surface area (Å²) in [5, 5.41) is 11.7. The number of hydrogen-bond acceptors (Lipinski definition) is 4. The van der Waals surface area contributed by atoms with E-state index in [-0.39, 0.29) is 25.2 Å². The highest BCUT2D eigenvalue weighted by atomic mass is 16.6. The van der Waals surface area contributed by atoms with E-state index in [9.17, 15) is 9.59 Å². The molecule has 2 amide bonds. The molecule has 6 heteroatoms. The fourth-order valence-corrected chi connectivity index (χ4v) is 2.44. The van der Waals surface area contributed by atoms with E-state index >= 15 is 0 Å². The first-order valence-corrected chi connectivity index (χ1v) is 7.50. The third-order valence-electron chi connectivity index (χ3n) is 3.66. The maximum absolute atomic E-state index is 12.2. The van der Waals surface area contributed by atoms with E-state index in [0.717, 1.165) is 12.0 Å². The summed E-state index contributed by atoms with van der Waals surface area (Å²) in [7, 11) is 0. The molecule has 1 aromatic rings. The molecular weight excluding hydrogens is 284 g/mol. The van der Waals surface area contributed by atoms with Crippen LogP contribution in [-0.2, 0) is 16.1 Å². The number of carbonyl (C=O) groups excluding carboxylic acids is 2. The topological polar surface area (TPSA) is 78.9 Å². The minimum absolute atomic E-state index is 0.128. The minimum Gasteiger partial charge on any atom is -0.445 e. The third kappa shape index (κ3) is 4.21. The Labute approximate surface area is 130 Å². The fraction of sp³-hybridized carbons (Fsp3) is 0.500. The zero-order valence-corrected chi connectivity index (χ0v) is 12.7. The molecule has 1 aliphatic rings. The van der Waals surface area contributed by atoms with Crippen LogP contribution in [0, 0.1) is 0 Å². The van der Waals surface area contributed by atoms with Gasteiger partial charge in [-0.2, -0.15) is 0 Å². The number of rotatable bonds is 5. The molecule has 1 heterocycles. The quantitative estimate of drug-likeness (QED) is 0.859. The Morgan fingerprint density at radius 3 is 2.82 bits per heavy atom. The maximum atomic E-state index is 12.2. The van der Waals surface area contributed by atoms with Crippen LogP contribution in [0.15, 0.2) is 30.3 Å².